The van der Waals surface area contributed by atoms with E-state index in [9.17, 15) is 0 Å². The van der Waals surface area contributed by atoms with E-state index in [1.807, 2.05) is 0 Å². The first kappa shape index (κ1) is 12.6. The van der Waals surface area contributed by atoms with E-state index < -0.39 is 0 Å². The number of nitrogens with two attached hydrogens (primary N) is 1. The van der Waals surface area contributed by atoms with Crippen molar-refractivity contribution in [3.63, 3.8) is 0 Å². The summed E-state index contributed by atoms with van der Waals surface area (Å²) in [6, 6.07) is 0. The summed E-state index contributed by atoms with van der Waals surface area (Å²) >= 11 is 1.75. The molecule has 3 nitrogen and oxygen atoms in total. The molecule has 2 N–H and O–H groups in total. The maximum absolute atomic E-state index is 6.57. The van der Waals surface area contributed by atoms with Crippen LogP contribution in [0.25, 0.3) is 0 Å². The fraction of sp³-hybridized carbons (Fsp3) is 0.786. The maximum Gasteiger partial charge on any atom is 0.113 e. The lowest BCUT2D eigenvalue weighted by Crippen LogP contribution is -2.40. The molecule has 1 atom stereocenters. The van der Waals surface area contributed by atoms with E-state index in [1.165, 1.54) is 18.5 Å². The molecule has 1 unspecified atom stereocenters. The molecule has 0 spiro atoms. The number of rotatable bonds is 2. The van der Waals surface area contributed by atoms with Gasteiger partial charge in [-0.15, -0.1) is 11.3 Å². The molecule has 2 fully saturated rings. The van der Waals surface area contributed by atoms with Gasteiger partial charge in [0.25, 0.3) is 0 Å². The lowest BCUT2D eigenvalue weighted by atomic mass is 9.78. The summed E-state index contributed by atoms with van der Waals surface area (Å²) < 4.78 is 5.44. The van der Waals surface area contributed by atoms with Crippen LogP contribution in [0.5, 0.6) is 0 Å². The molecular formula is C14H22N2OS. The van der Waals surface area contributed by atoms with Crippen LogP contribution in [0.4, 0.5) is 0 Å². The first-order valence-electron chi connectivity index (χ1n) is 7.00. The van der Waals surface area contributed by atoms with Gasteiger partial charge in [-0.1, -0.05) is 6.92 Å². The van der Waals surface area contributed by atoms with Gasteiger partial charge in [0, 0.05) is 17.9 Å². The van der Waals surface area contributed by atoms with Crippen molar-refractivity contribution in [2.45, 2.75) is 50.5 Å². The van der Waals surface area contributed by atoms with E-state index in [0.29, 0.717) is 5.92 Å². The first-order chi connectivity index (χ1) is 8.67. The monoisotopic (exact) mass is 266 g/mol. The standard InChI is InChI=1S/C14H22N2OS/c1-10-2-5-14(15,6-3-10)13-16-12(9-18-13)11-4-7-17-8-11/h9-11H,2-8,15H2,1H3. The van der Waals surface area contributed by atoms with Gasteiger partial charge in [0.05, 0.1) is 17.8 Å². The normalized spacial score (nSPS) is 37.0. The summed E-state index contributed by atoms with van der Waals surface area (Å²) in [6.07, 6.45) is 5.75. The number of ether oxygens (including phenoxy) is 1. The molecule has 0 amide bonds. The van der Waals surface area contributed by atoms with Crippen LogP contribution in [0, 0.1) is 5.92 Å². The zero-order valence-corrected chi connectivity index (χ0v) is 11.8. The molecule has 1 aromatic rings. The van der Waals surface area contributed by atoms with E-state index >= 15 is 0 Å². The van der Waals surface area contributed by atoms with E-state index in [-0.39, 0.29) is 5.54 Å². The zero-order valence-electron chi connectivity index (χ0n) is 11.0. The van der Waals surface area contributed by atoms with Gasteiger partial charge >= 0.3 is 0 Å². The highest BCUT2D eigenvalue weighted by Crippen LogP contribution is 2.39. The second-order valence-corrected chi connectivity index (χ2v) is 6.83. The van der Waals surface area contributed by atoms with Crippen LogP contribution in [0.3, 0.4) is 0 Å². The fourth-order valence-corrected chi connectivity index (χ4v) is 4.04. The van der Waals surface area contributed by atoms with E-state index in [4.69, 9.17) is 15.5 Å². The van der Waals surface area contributed by atoms with E-state index in [2.05, 4.69) is 12.3 Å². The van der Waals surface area contributed by atoms with Crippen LogP contribution in [0.15, 0.2) is 5.38 Å². The molecule has 1 aliphatic carbocycles. The SMILES string of the molecule is CC1CCC(N)(c2nc(C3CCOC3)cs2)CC1. The number of thiazole rings is 1. The van der Waals surface area contributed by atoms with Crippen molar-refractivity contribution in [2.75, 3.05) is 13.2 Å². The molecule has 0 bridgehead atoms. The lowest BCUT2D eigenvalue weighted by molar-refractivity contribution is 0.193. The Morgan fingerprint density at radius 1 is 1.39 bits per heavy atom. The average Bonchev–Trinajstić information content (AvgIpc) is 3.01. The topological polar surface area (TPSA) is 48.1 Å². The number of hydrogen-bond acceptors (Lipinski definition) is 4. The van der Waals surface area contributed by atoms with Gasteiger partial charge in [0.2, 0.25) is 0 Å². The summed E-state index contributed by atoms with van der Waals surface area (Å²) in [5, 5.41) is 3.35. The smallest absolute Gasteiger partial charge is 0.113 e. The minimum atomic E-state index is -0.158. The van der Waals surface area contributed by atoms with Crippen molar-refractivity contribution >= 4 is 11.3 Å². The van der Waals surface area contributed by atoms with Crippen LogP contribution < -0.4 is 5.73 Å². The Morgan fingerprint density at radius 3 is 2.83 bits per heavy atom. The van der Waals surface area contributed by atoms with Gasteiger partial charge < -0.3 is 10.5 Å². The molecule has 2 heterocycles. The minimum absolute atomic E-state index is 0.158. The molecule has 18 heavy (non-hydrogen) atoms. The molecule has 3 rings (SSSR count). The highest BCUT2D eigenvalue weighted by atomic mass is 32.1. The Kier molecular flexibility index (Phi) is 3.43. The van der Waals surface area contributed by atoms with Crippen LogP contribution >= 0.6 is 11.3 Å². The fourth-order valence-electron chi connectivity index (χ4n) is 2.96. The van der Waals surface area contributed by atoms with Crippen LogP contribution in [-0.4, -0.2) is 18.2 Å². The molecule has 1 aliphatic heterocycles. The molecule has 0 aromatic carbocycles. The van der Waals surface area contributed by atoms with Crippen LogP contribution in [0.2, 0.25) is 0 Å². The molecule has 1 saturated heterocycles. The third kappa shape index (κ3) is 2.33. The van der Waals surface area contributed by atoms with Gasteiger partial charge in [0.15, 0.2) is 0 Å². The predicted octanol–water partition coefficient (Wildman–Crippen LogP) is 3.01. The minimum Gasteiger partial charge on any atom is -0.381 e. The highest BCUT2D eigenvalue weighted by Gasteiger charge is 2.35. The van der Waals surface area contributed by atoms with Crippen molar-refractivity contribution in [2.24, 2.45) is 11.7 Å². The average molecular weight is 266 g/mol. The van der Waals surface area contributed by atoms with Gasteiger partial charge in [-0.05, 0) is 38.0 Å². The predicted molar refractivity (Wildman–Crippen MR) is 73.8 cm³/mol. The van der Waals surface area contributed by atoms with Crippen molar-refractivity contribution in [3.8, 4) is 0 Å². The summed E-state index contributed by atoms with van der Waals surface area (Å²) in [4.78, 5) is 4.83. The summed E-state index contributed by atoms with van der Waals surface area (Å²) in [5.41, 5.74) is 7.62. The molecule has 2 aliphatic rings. The highest BCUT2D eigenvalue weighted by molar-refractivity contribution is 7.09. The number of aromatic nitrogens is 1. The second-order valence-electron chi connectivity index (χ2n) is 5.98. The van der Waals surface area contributed by atoms with Crippen molar-refractivity contribution in [3.05, 3.63) is 16.1 Å². The molecular weight excluding hydrogens is 244 g/mol. The Morgan fingerprint density at radius 2 is 2.17 bits per heavy atom. The third-order valence-corrected chi connectivity index (χ3v) is 5.54. The van der Waals surface area contributed by atoms with Crippen molar-refractivity contribution in [1.82, 2.24) is 4.98 Å². The molecule has 4 heteroatoms. The quantitative estimate of drug-likeness (QED) is 0.895. The molecule has 0 radical (unpaired) electrons. The van der Waals surface area contributed by atoms with Gasteiger partial charge in [-0.25, -0.2) is 4.98 Å². The lowest BCUT2D eigenvalue weighted by Gasteiger charge is -2.34. The molecule has 100 valence electrons. The number of nitrogens with zero attached hydrogens (tertiary/aromatic N) is 1. The van der Waals surface area contributed by atoms with Crippen LogP contribution in [-0.2, 0) is 10.3 Å². The summed E-state index contributed by atoms with van der Waals surface area (Å²) in [5.74, 6) is 1.32. The van der Waals surface area contributed by atoms with Gasteiger partial charge in [0.1, 0.15) is 5.01 Å². The Labute approximate surface area is 113 Å². The largest absolute Gasteiger partial charge is 0.381 e. The molecule has 1 aromatic heterocycles. The summed E-state index contributed by atoms with van der Waals surface area (Å²) in [7, 11) is 0. The van der Waals surface area contributed by atoms with E-state index in [0.717, 1.165) is 43.4 Å². The van der Waals surface area contributed by atoms with Crippen LogP contribution in [0.1, 0.15) is 55.6 Å². The Balaban J connectivity index is 1.75. The zero-order chi connectivity index (χ0) is 12.6. The van der Waals surface area contributed by atoms with E-state index in [1.54, 1.807) is 11.3 Å². The van der Waals surface area contributed by atoms with Gasteiger partial charge in [-0.3, -0.25) is 0 Å². The van der Waals surface area contributed by atoms with Gasteiger partial charge in [-0.2, -0.15) is 0 Å². The maximum atomic E-state index is 6.57. The van der Waals surface area contributed by atoms with Crippen molar-refractivity contribution in [1.29, 1.82) is 0 Å². The Bertz CT molecular complexity index is 404. The molecule has 1 saturated carbocycles. The second kappa shape index (κ2) is 4.91. The first-order valence-corrected chi connectivity index (χ1v) is 7.88. The van der Waals surface area contributed by atoms with Crippen molar-refractivity contribution < 1.29 is 4.74 Å². The number of hydrogen-bond donors (Lipinski definition) is 1. The summed E-state index contributed by atoms with van der Waals surface area (Å²) in [6.45, 7) is 4.03. The Hall–Kier alpha value is -0.450. The third-order valence-electron chi connectivity index (χ3n) is 4.46.